The lowest BCUT2D eigenvalue weighted by molar-refractivity contribution is -0.119. The average Bonchev–Trinajstić information content (AvgIpc) is 2.61. The standard InChI is InChI=1S/C18H20N2O3S/c1-23-15-9-5-6-10-16(15)24-12-11-17(21)20-18(22)19-13-14-7-3-2-4-8-14/h2-10H,11-13H2,1H3,(H2,19,20,21,22). The van der Waals surface area contributed by atoms with Crippen LogP contribution < -0.4 is 15.4 Å². The third-order valence-electron chi connectivity index (χ3n) is 3.20. The third-order valence-corrected chi connectivity index (χ3v) is 4.26. The molecule has 0 saturated carbocycles. The second kappa shape index (κ2) is 9.62. The van der Waals surface area contributed by atoms with Crippen LogP contribution in [0.5, 0.6) is 5.75 Å². The van der Waals surface area contributed by atoms with E-state index in [-0.39, 0.29) is 12.3 Å². The number of carbonyl (C=O) groups is 2. The Bertz CT molecular complexity index is 677. The summed E-state index contributed by atoms with van der Waals surface area (Å²) in [6.07, 6.45) is 0.251. The van der Waals surface area contributed by atoms with E-state index in [4.69, 9.17) is 4.74 Å². The number of urea groups is 1. The van der Waals surface area contributed by atoms with Crippen molar-refractivity contribution in [3.05, 3.63) is 60.2 Å². The zero-order valence-corrected chi connectivity index (χ0v) is 14.3. The molecule has 3 amide bonds. The fourth-order valence-corrected chi connectivity index (χ4v) is 2.98. The molecule has 0 aliphatic rings. The molecule has 0 fully saturated rings. The highest BCUT2D eigenvalue weighted by molar-refractivity contribution is 7.99. The second-order valence-corrected chi connectivity index (χ2v) is 6.10. The molecule has 0 unspecified atom stereocenters. The molecule has 0 saturated heterocycles. The van der Waals surface area contributed by atoms with Crippen LogP contribution in [0.25, 0.3) is 0 Å². The summed E-state index contributed by atoms with van der Waals surface area (Å²) < 4.78 is 5.26. The molecule has 0 aliphatic heterocycles. The van der Waals surface area contributed by atoms with Gasteiger partial charge in [0.15, 0.2) is 0 Å². The molecule has 5 nitrogen and oxygen atoms in total. The van der Waals surface area contributed by atoms with Crippen molar-refractivity contribution >= 4 is 23.7 Å². The van der Waals surface area contributed by atoms with E-state index < -0.39 is 6.03 Å². The molecule has 2 rings (SSSR count). The molecule has 0 aromatic heterocycles. The van der Waals surface area contributed by atoms with Gasteiger partial charge in [0.25, 0.3) is 0 Å². The second-order valence-electron chi connectivity index (χ2n) is 4.97. The Morgan fingerprint density at radius 3 is 2.50 bits per heavy atom. The number of para-hydroxylation sites is 1. The number of hydrogen-bond acceptors (Lipinski definition) is 4. The Morgan fingerprint density at radius 2 is 1.75 bits per heavy atom. The summed E-state index contributed by atoms with van der Waals surface area (Å²) in [6, 6.07) is 16.7. The van der Waals surface area contributed by atoms with Crippen LogP contribution in [0.15, 0.2) is 59.5 Å². The molecule has 2 aromatic rings. The summed E-state index contributed by atoms with van der Waals surface area (Å²) in [5.74, 6) is 1.05. The molecule has 0 atom stereocenters. The van der Waals surface area contributed by atoms with Gasteiger partial charge in [0, 0.05) is 23.6 Å². The molecule has 2 N–H and O–H groups in total. The Hall–Kier alpha value is -2.47. The van der Waals surface area contributed by atoms with Gasteiger partial charge in [-0.15, -0.1) is 11.8 Å². The predicted molar refractivity (Wildman–Crippen MR) is 95.2 cm³/mol. The van der Waals surface area contributed by atoms with Crippen molar-refractivity contribution in [1.82, 2.24) is 10.6 Å². The summed E-state index contributed by atoms with van der Waals surface area (Å²) in [5.41, 5.74) is 0.979. The van der Waals surface area contributed by atoms with E-state index in [1.165, 1.54) is 11.8 Å². The molecular formula is C18H20N2O3S. The van der Waals surface area contributed by atoms with Gasteiger partial charge in [0.2, 0.25) is 5.91 Å². The van der Waals surface area contributed by atoms with Gasteiger partial charge in [0.1, 0.15) is 5.75 Å². The number of rotatable bonds is 7. The lowest BCUT2D eigenvalue weighted by atomic mass is 10.2. The van der Waals surface area contributed by atoms with Crippen LogP contribution in [0, 0.1) is 0 Å². The van der Waals surface area contributed by atoms with Gasteiger partial charge in [-0.2, -0.15) is 0 Å². The smallest absolute Gasteiger partial charge is 0.321 e. The number of amides is 3. The van der Waals surface area contributed by atoms with Gasteiger partial charge in [-0.1, -0.05) is 42.5 Å². The Labute approximate surface area is 145 Å². The normalized spacial score (nSPS) is 10.0. The van der Waals surface area contributed by atoms with Crippen LogP contribution in [0.2, 0.25) is 0 Å². The summed E-state index contributed by atoms with van der Waals surface area (Å²) in [5, 5.41) is 4.99. The number of imide groups is 1. The number of hydrogen-bond donors (Lipinski definition) is 2. The molecule has 24 heavy (non-hydrogen) atoms. The summed E-state index contributed by atoms with van der Waals surface area (Å²) in [6.45, 7) is 0.385. The minimum Gasteiger partial charge on any atom is -0.496 e. The molecule has 2 aromatic carbocycles. The van der Waals surface area contributed by atoms with Crippen LogP contribution in [0.4, 0.5) is 4.79 Å². The molecular weight excluding hydrogens is 324 g/mol. The monoisotopic (exact) mass is 344 g/mol. The zero-order chi connectivity index (χ0) is 17.2. The predicted octanol–water partition coefficient (Wildman–Crippen LogP) is 3.20. The Morgan fingerprint density at radius 1 is 1.04 bits per heavy atom. The van der Waals surface area contributed by atoms with E-state index in [1.807, 2.05) is 54.6 Å². The molecule has 0 bridgehead atoms. The average molecular weight is 344 g/mol. The number of carbonyl (C=O) groups excluding carboxylic acids is 2. The van der Waals surface area contributed by atoms with Crippen molar-refractivity contribution < 1.29 is 14.3 Å². The maximum absolute atomic E-state index is 11.8. The van der Waals surface area contributed by atoms with E-state index in [0.717, 1.165) is 16.2 Å². The molecule has 0 radical (unpaired) electrons. The van der Waals surface area contributed by atoms with Gasteiger partial charge in [-0.05, 0) is 17.7 Å². The van der Waals surface area contributed by atoms with E-state index in [1.54, 1.807) is 7.11 Å². The minimum atomic E-state index is -0.480. The zero-order valence-electron chi connectivity index (χ0n) is 13.5. The molecule has 126 valence electrons. The van der Waals surface area contributed by atoms with Gasteiger partial charge >= 0.3 is 6.03 Å². The first-order valence-electron chi connectivity index (χ1n) is 7.56. The molecule has 0 spiro atoms. The van der Waals surface area contributed by atoms with Crippen LogP contribution in [-0.4, -0.2) is 24.8 Å². The number of benzene rings is 2. The van der Waals surface area contributed by atoms with Gasteiger partial charge in [0.05, 0.1) is 7.11 Å². The Kier molecular flexibility index (Phi) is 7.17. The summed E-state index contributed by atoms with van der Waals surface area (Å²) in [4.78, 5) is 24.5. The van der Waals surface area contributed by atoms with Crippen molar-refractivity contribution in [3.63, 3.8) is 0 Å². The molecule has 0 aliphatic carbocycles. The van der Waals surface area contributed by atoms with Crippen molar-refractivity contribution in [2.24, 2.45) is 0 Å². The molecule has 6 heteroatoms. The van der Waals surface area contributed by atoms with E-state index in [2.05, 4.69) is 10.6 Å². The highest BCUT2D eigenvalue weighted by Gasteiger charge is 2.08. The van der Waals surface area contributed by atoms with E-state index >= 15 is 0 Å². The topological polar surface area (TPSA) is 67.4 Å². The first-order chi connectivity index (χ1) is 11.7. The number of thioether (sulfide) groups is 1. The third kappa shape index (κ3) is 5.96. The van der Waals surface area contributed by atoms with Gasteiger partial charge < -0.3 is 10.1 Å². The van der Waals surface area contributed by atoms with Crippen LogP contribution in [-0.2, 0) is 11.3 Å². The number of nitrogens with one attached hydrogen (secondary N) is 2. The Balaban J connectivity index is 1.68. The first kappa shape index (κ1) is 17.9. The van der Waals surface area contributed by atoms with Crippen molar-refractivity contribution in [2.75, 3.05) is 12.9 Å². The SMILES string of the molecule is COc1ccccc1SCCC(=O)NC(=O)NCc1ccccc1. The molecule has 0 heterocycles. The highest BCUT2D eigenvalue weighted by Crippen LogP contribution is 2.28. The van der Waals surface area contributed by atoms with Crippen molar-refractivity contribution in [2.45, 2.75) is 17.9 Å². The lowest BCUT2D eigenvalue weighted by Gasteiger charge is -2.08. The van der Waals surface area contributed by atoms with Crippen LogP contribution in [0.3, 0.4) is 0 Å². The van der Waals surface area contributed by atoms with Crippen LogP contribution >= 0.6 is 11.8 Å². The quantitative estimate of drug-likeness (QED) is 0.757. The fraction of sp³-hybridized carbons (Fsp3) is 0.222. The van der Waals surface area contributed by atoms with E-state index in [9.17, 15) is 9.59 Å². The van der Waals surface area contributed by atoms with E-state index in [0.29, 0.717) is 12.3 Å². The van der Waals surface area contributed by atoms with Crippen molar-refractivity contribution in [1.29, 1.82) is 0 Å². The van der Waals surface area contributed by atoms with Gasteiger partial charge in [-0.25, -0.2) is 4.79 Å². The maximum atomic E-state index is 11.8. The largest absolute Gasteiger partial charge is 0.496 e. The highest BCUT2D eigenvalue weighted by atomic mass is 32.2. The first-order valence-corrected chi connectivity index (χ1v) is 8.55. The summed E-state index contributed by atoms with van der Waals surface area (Å²) >= 11 is 1.52. The van der Waals surface area contributed by atoms with Crippen molar-refractivity contribution in [3.8, 4) is 5.75 Å². The minimum absolute atomic E-state index is 0.251. The number of ether oxygens (including phenoxy) is 1. The lowest BCUT2D eigenvalue weighted by Crippen LogP contribution is -2.39. The number of methoxy groups -OCH3 is 1. The van der Waals surface area contributed by atoms with Crippen LogP contribution in [0.1, 0.15) is 12.0 Å². The summed E-state index contributed by atoms with van der Waals surface area (Å²) in [7, 11) is 1.61. The maximum Gasteiger partial charge on any atom is 0.321 e. The van der Waals surface area contributed by atoms with Gasteiger partial charge in [-0.3, -0.25) is 10.1 Å². The fourth-order valence-electron chi connectivity index (χ4n) is 2.00.